The van der Waals surface area contributed by atoms with Crippen molar-refractivity contribution in [2.75, 3.05) is 13.1 Å². The van der Waals surface area contributed by atoms with Crippen molar-refractivity contribution < 1.29 is 14.1 Å². The van der Waals surface area contributed by atoms with E-state index in [2.05, 4.69) is 13.8 Å². The lowest BCUT2D eigenvalue weighted by molar-refractivity contribution is -0.385. The molecule has 1 amide bonds. The second-order valence-electron chi connectivity index (χ2n) is 6.34. The number of aryl methyl sites for hydroxylation is 1. The summed E-state index contributed by atoms with van der Waals surface area (Å²) in [7, 11) is 0. The molecule has 1 saturated heterocycles. The van der Waals surface area contributed by atoms with Crippen molar-refractivity contribution in [2.45, 2.75) is 33.6 Å². The number of benzene rings is 1. The van der Waals surface area contributed by atoms with E-state index in [0.717, 1.165) is 25.0 Å². The van der Waals surface area contributed by atoms with Crippen LogP contribution >= 0.6 is 0 Å². The van der Waals surface area contributed by atoms with E-state index >= 15 is 0 Å². The SMILES string of the molecule is Cc1cc([N+](=O)[O-])cc(C(=O)N2CCC(C)(C)CC2)c1F. The van der Waals surface area contributed by atoms with Gasteiger partial charge in [-0.25, -0.2) is 4.39 Å². The Labute approximate surface area is 122 Å². The highest BCUT2D eigenvalue weighted by Crippen LogP contribution is 2.31. The Morgan fingerprint density at radius 3 is 2.43 bits per heavy atom. The Bertz CT molecular complexity index is 589. The number of carbonyl (C=O) groups excluding carboxylic acids is 1. The molecule has 0 atom stereocenters. The Hall–Kier alpha value is -1.98. The number of nitro groups is 1. The molecular weight excluding hydrogens is 275 g/mol. The van der Waals surface area contributed by atoms with Gasteiger partial charge in [-0.1, -0.05) is 13.8 Å². The van der Waals surface area contributed by atoms with E-state index in [1.54, 1.807) is 4.90 Å². The van der Waals surface area contributed by atoms with Gasteiger partial charge >= 0.3 is 0 Å². The zero-order valence-corrected chi connectivity index (χ0v) is 12.5. The van der Waals surface area contributed by atoms with E-state index in [9.17, 15) is 19.3 Å². The molecule has 0 aromatic heterocycles. The van der Waals surface area contributed by atoms with E-state index in [0.29, 0.717) is 13.1 Å². The molecule has 1 aliphatic heterocycles. The lowest BCUT2D eigenvalue weighted by Crippen LogP contribution is -2.41. The number of hydrogen-bond acceptors (Lipinski definition) is 3. The summed E-state index contributed by atoms with van der Waals surface area (Å²) in [5, 5.41) is 10.9. The van der Waals surface area contributed by atoms with E-state index < -0.39 is 16.6 Å². The first-order chi connectivity index (χ1) is 9.71. The first-order valence-corrected chi connectivity index (χ1v) is 6.95. The summed E-state index contributed by atoms with van der Waals surface area (Å²) in [6.45, 7) is 6.79. The van der Waals surface area contributed by atoms with Crippen LogP contribution in [0.3, 0.4) is 0 Å². The average Bonchev–Trinajstić information content (AvgIpc) is 2.40. The predicted molar refractivity (Wildman–Crippen MR) is 76.7 cm³/mol. The number of rotatable bonds is 2. The fourth-order valence-corrected chi connectivity index (χ4v) is 2.50. The molecule has 6 heteroatoms. The number of piperidine rings is 1. The Morgan fingerprint density at radius 2 is 1.90 bits per heavy atom. The van der Waals surface area contributed by atoms with E-state index in [1.165, 1.54) is 6.92 Å². The highest BCUT2D eigenvalue weighted by Gasteiger charge is 2.30. The van der Waals surface area contributed by atoms with Crippen LogP contribution in [0.4, 0.5) is 10.1 Å². The normalized spacial score (nSPS) is 17.6. The molecule has 1 aromatic carbocycles. The maximum absolute atomic E-state index is 14.1. The summed E-state index contributed by atoms with van der Waals surface area (Å²) >= 11 is 0. The zero-order valence-electron chi connectivity index (χ0n) is 12.5. The highest BCUT2D eigenvalue weighted by molar-refractivity contribution is 5.95. The number of hydrogen-bond donors (Lipinski definition) is 0. The smallest absolute Gasteiger partial charge is 0.270 e. The number of halogens is 1. The number of non-ortho nitro benzene ring substituents is 1. The molecule has 2 rings (SSSR count). The minimum absolute atomic E-state index is 0.116. The van der Waals surface area contributed by atoms with Crippen molar-refractivity contribution in [3.63, 3.8) is 0 Å². The number of likely N-dealkylation sites (tertiary alicyclic amines) is 1. The molecule has 0 radical (unpaired) electrons. The quantitative estimate of drug-likeness (QED) is 0.621. The topological polar surface area (TPSA) is 63.5 Å². The largest absolute Gasteiger partial charge is 0.339 e. The molecule has 1 fully saturated rings. The third-order valence-electron chi connectivity index (χ3n) is 4.08. The van der Waals surface area contributed by atoms with Crippen molar-refractivity contribution in [3.05, 3.63) is 39.2 Å². The van der Waals surface area contributed by atoms with Crippen molar-refractivity contribution in [1.82, 2.24) is 4.90 Å². The summed E-state index contributed by atoms with van der Waals surface area (Å²) in [5.74, 6) is -1.13. The third-order valence-corrected chi connectivity index (χ3v) is 4.08. The molecule has 1 aromatic rings. The van der Waals surface area contributed by atoms with Gasteiger partial charge in [0.2, 0.25) is 0 Å². The lowest BCUT2D eigenvalue weighted by atomic mass is 9.82. The van der Waals surface area contributed by atoms with Crippen LogP contribution in [0, 0.1) is 28.3 Å². The highest BCUT2D eigenvalue weighted by atomic mass is 19.1. The Morgan fingerprint density at radius 1 is 1.33 bits per heavy atom. The summed E-state index contributed by atoms with van der Waals surface area (Å²) in [5.41, 5.74) is -0.172. The zero-order chi connectivity index (χ0) is 15.8. The lowest BCUT2D eigenvalue weighted by Gasteiger charge is -2.37. The fourth-order valence-electron chi connectivity index (χ4n) is 2.50. The summed E-state index contributed by atoms with van der Waals surface area (Å²) < 4.78 is 14.1. The minimum atomic E-state index is -0.671. The maximum atomic E-state index is 14.1. The Kier molecular flexibility index (Phi) is 3.98. The second kappa shape index (κ2) is 5.42. The van der Waals surface area contributed by atoms with Gasteiger partial charge in [-0.05, 0) is 30.7 Å². The number of nitrogens with zero attached hydrogens (tertiary/aromatic N) is 2. The van der Waals surface area contributed by atoms with Gasteiger partial charge in [-0.15, -0.1) is 0 Å². The monoisotopic (exact) mass is 294 g/mol. The van der Waals surface area contributed by atoms with E-state index in [1.807, 2.05) is 0 Å². The molecule has 0 spiro atoms. The maximum Gasteiger partial charge on any atom is 0.270 e. The van der Waals surface area contributed by atoms with Crippen LogP contribution in [0.5, 0.6) is 0 Å². The summed E-state index contributed by atoms with van der Waals surface area (Å²) in [6, 6.07) is 2.18. The fraction of sp³-hybridized carbons (Fsp3) is 0.533. The molecule has 0 N–H and O–H groups in total. The second-order valence-corrected chi connectivity index (χ2v) is 6.34. The van der Waals surface area contributed by atoms with Crippen molar-refractivity contribution in [2.24, 2.45) is 5.41 Å². The predicted octanol–water partition coefficient (Wildman–Crippen LogP) is 3.30. The van der Waals surface area contributed by atoms with Crippen LogP contribution in [0.2, 0.25) is 0 Å². The molecule has 0 unspecified atom stereocenters. The van der Waals surface area contributed by atoms with Gasteiger partial charge in [0.1, 0.15) is 5.82 Å². The van der Waals surface area contributed by atoms with Crippen LogP contribution in [0.1, 0.15) is 42.6 Å². The molecule has 5 nitrogen and oxygen atoms in total. The summed E-state index contributed by atoms with van der Waals surface area (Å²) in [4.78, 5) is 24.2. The van der Waals surface area contributed by atoms with Crippen LogP contribution in [-0.4, -0.2) is 28.8 Å². The molecule has 114 valence electrons. The van der Waals surface area contributed by atoms with Crippen molar-refractivity contribution >= 4 is 11.6 Å². The van der Waals surface area contributed by atoms with Gasteiger partial charge in [0.15, 0.2) is 0 Å². The van der Waals surface area contributed by atoms with Crippen molar-refractivity contribution in [1.29, 1.82) is 0 Å². The average molecular weight is 294 g/mol. The van der Waals surface area contributed by atoms with E-state index in [-0.39, 0.29) is 22.2 Å². The van der Waals surface area contributed by atoms with Crippen LogP contribution in [-0.2, 0) is 0 Å². The van der Waals surface area contributed by atoms with Crippen LogP contribution in [0.15, 0.2) is 12.1 Å². The van der Waals surface area contributed by atoms with Crippen molar-refractivity contribution in [3.8, 4) is 0 Å². The molecular formula is C15H19FN2O3. The third kappa shape index (κ3) is 3.20. The number of carbonyl (C=O) groups is 1. The number of amides is 1. The van der Waals surface area contributed by atoms with Gasteiger partial charge in [0.25, 0.3) is 11.6 Å². The van der Waals surface area contributed by atoms with Gasteiger partial charge in [-0.2, -0.15) is 0 Å². The molecule has 1 heterocycles. The summed E-state index contributed by atoms with van der Waals surface area (Å²) in [6.07, 6.45) is 1.68. The van der Waals surface area contributed by atoms with Crippen LogP contribution < -0.4 is 0 Å². The standard InChI is InChI=1S/C15H19FN2O3/c1-10-8-11(18(20)21)9-12(13(10)16)14(19)17-6-4-15(2,3)5-7-17/h8-9H,4-7H2,1-3H3. The first-order valence-electron chi connectivity index (χ1n) is 6.95. The van der Waals surface area contributed by atoms with Gasteiger partial charge < -0.3 is 4.90 Å². The van der Waals surface area contributed by atoms with E-state index in [4.69, 9.17) is 0 Å². The first kappa shape index (κ1) is 15.4. The van der Waals surface area contributed by atoms with Gasteiger partial charge in [0, 0.05) is 25.2 Å². The molecule has 0 saturated carbocycles. The van der Waals surface area contributed by atoms with Gasteiger partial charge in [-0.3, -0.25) is 14.9 Å². The molecule has 0 bridgehead atoms. The minimum Gasteiger partial charge on any atom is -0.339 e. The molecule has 0 aliphatic carbocycles. The molecule has 21 heavy (non-hydrogen) atoms. The molecule has 1 aliphatic rings. The Balaban J connectivity index is 2.29. The van der Waals surface area contributed by atoms with Gasteiger partial charge in [0.05, 0.1) is 10.5 Å². The van der Waals surface area contributed by atoms with Crippen LogP contribution in [0.25, 0.3) is 0 Å². The number of nitro benzene ring substituents is 1.